The molecule has 0 spiro atoms. The van der Waals surface area contributed by atoms with E-state index in [4.69, 9.17) is 4.52 Å². The molecule has 1 atom stereocenters. The average molecular weight is 358 g/mol. The Morgan fingerprint density at radius 1 is 1.27 bits per heavy atom. The number of nitrogens with zero attached hydrogens (tertiary/aromatic N) is 4. The number of rotatable bonds is 4. The molecule has 3 heterocycles. The van der Waals surface area contributed by atoms with Crippen molar-refractivity contribution in [3.05, 3.63) is 59.6 Å². The van der Waals surface area contributed by atoms with E-state index in [9.17, 15) is 8.78 Å². The third-order valence-corrected chi connectivity index (χ3v) is 4.84. The van der Waals surface area contributed by atoms with Crippen LogP contribution in [0.1, 0.15) is 30.1 Å². The quantitative estimate of drug-likeness (QED) is 0.713. The first-order valence-corrected chi connectivity index (χ1v) is 8.70. The van der Waals surface area contributed by atoms with E-state index < -0.39 is 5.82 Å². The third-order valence-electron chi connectivity index (χ3n) is 4.84. The molecule has 2 aromatic heterocycles. The van der Waals surface area contributed by atoms with Crippen molar-refractivity contribution in [3.63, 3.8) is 0 Å². The highest BCUT2D eigenvalue weighted by atomic mass is 19.1. The summed E-state index contributed by atoms with van der Waals surface area (Å²) < 4.78 is 34.7. The zero-order valence-corrected chi connectivity index (χ0v) is 14.5. The molecule has 1 aliphatic heterocycles. The number of piperidine rings is 1. The Morgan fingerprint density at radius 3 is 2.96 bits per heavy atom. The highest BCUT2D eigenvalue weighted by Crippen LogP contribution is 2.30. The molecule has 1 saturated heterocycles. The van der Waals surface area contributed by atoms with Crippen LogP contribution in [0.4, 0.5) is 8.78 Å². The van der Waals surface area contributed by atoms with Crippen molar-refractivity contribution in [1.82, 2.24) is 19.8 Å². The van der Waals surface area contributed by atoms with Crippen LogP contribution < -0.4 is 0 Å². The standard InChI is InChI=1S/C19H20F2N4O/c1-24-10-14(9-22-24)19-8-16(26-23-19)12-25-6-2-3-13(11-25)17-7-15(20)4-5-18(17)21/h4-5,7-10,13H,2-3,6,11-12H2,1H3/t13-/m1/s1. The van der Waals surface area contributed by atoms with E-state index in [2.05, 4.69) is 15.2 Å². The topological polar surface area (TPSA) is 47.1 Å². The molecule has 1 aromatic carbocycles. The summed E-state index contributed by atoms with van der Waals surface area (Å²) in [6, 6.07) is 5.59. The highest BCUT2D eigenvalue weighted by molar-refractivity contribution is 5.56. The zero-order chi connectivity index (χ0) is 18.1. The number of hydrogen-bond acceptors (Lipinski definition) is 4. The first-order valence-electron chi connectivity index (χ1n) is 8.70. The molecule has 7 heteroatoms. The summed E-state index contributed by atoms with van der Waals surface area (Å²) in [6.45, 7) is 2.17. The fraction of sp³-hybridized carbons (Fsp3) is 0.368. The molecule has 136 valence electrons. The SMILES string of the molecule is Cn1cc(-c2cc(CN3CCC[C@@H](c4cc(F)ccc4F)C3)on2)cn1. The number of aryl methyl sites for hydroxylation is 1. The van der Waals surface area contributed by atoms with Gasteiger partial charge in [0, 0.05) is 31.4 Å². The summed E-state index contributed by atoms with van der Waals surface area (Å²) in [4.78, 5) is 2.20. The third kappa shape index (κ3) is 3.53. The van der Waals surface area contributed by atoms with Gasteiger partial charge in [-0.25, -0.2) is 8.78 Å². The number of hydrogen-bond donors (Lipinski definition) is 0. The molecule has 0 radical (unpaired) electrons. The Kier molecular flexibility index (Phi) is 4.55. The molecule has 0 N–H and O–H groups in total. The van der Waals surface area contributed by atoms with Crippen LogP contribution in [0.3, 0.4) is 0 Å². The highest BCUT2D eigenvalue weighted by Gasteiger charge is 2.25. The van der Waals surface area contributed by atoms with Crippen LogP contribution in [0.15, 0.2) is 41.2 Å². The van der Waals surface area contributed by atoms with E-state index in [0.29, 0.717) is 18.7 Å². The lowest BCUT2D eigenvalue weighted by atomic mass is 9.90. The lowest BCUT2D eigenvalue weighted by molar-refractivity contribution is 0.179. The van der Waals surface area contributed by atoms with Crippen molar-refractivity contribution < 1.29 is 13.3 Å². The van der Waals surface area contributed by atoms with Crippen molar-refractivity contribution in [3.8, 4) is 11.3 Å². The van der Waals surface area contributed by atoms with Gasteiger partial charge in [0.05, 0.1) is 12.7 Å². The van der Waals surface area contributed by atoms with Gasteiger partial charge in [-0.15, -0.1) is 0 Å². The molecular formula is C19H20F2N4O. The van der Waals surface area contributed by atoms with Crippen LogP contribution >= 0.6 is 0 Å². The van der Waals surface area contributed by atoms with E-state index in [-0.39, 0.29) is 11.7 Å². The Balaban J connectivity index is 1.45. The zero-order valence-electron chi connectivity index (χ0n) is 14.5. The van der Waals surface area contributed by atoms with Crippen molar-refractivity contribution in [2.24, 2.45) is 7.05 Å². The molecule has 26 heavy (non-hydrogen) atoms. The average Bonchev–Trinajstić information content (AvgIpc) is 3.26. The summed E-state index contributed by atoms with van der Waals surface area (Å²) in [5.41, 5.74) is 2.11. The maximum Gasteiger partial charge on any atom is 0.151 e. The van der Waals surface area contributed by atoms with Crippen molar-refractivity contribution in [1.29, 1.82) is 0 Å². The van der Waals surface area contributed by atoms with Crippen LogP contribution in [-0.2, 0) is 13.6 Å². The second-order valence-corrected chi connectivity index (χ2v) is 6.82. The van der Waals surface area contributed by atoms with E-state index in [1.54, 1.807) is 10.9 Å². The first-order chi connectivity index (χ1) is 12.6. The lowest BCUT2D eigenvalue weighted by Gasteiger charge is -2.32. The molecule has 4 rings (SSSR count). The number of halogens is 2. The molecule has 0 unspecified atom stereocenters. The molecule has 1 fully saturated rings. The predicted molar refractivity (Wildman–Crippen MR) is 92.3 cm³/mol. The largest absolute Gasteiger partial charge is 0.359 e. The Labute approximate surface area is 150 Å². The molecule has 0 aliphatic carbocycles. The van der Waals surface area contributed by atoms with Gasteiger partial charge in [0.15, 0.2) is 5.76 Å². The van der Waals surface area contributed by atoms with E-state index in [1.807, 2.05) is 19.3 Å². The summed E-state index contributed by atoms with van der Waals surface area (Å²) in [5, 5.41) is 8.24. The first kappa shape index (κ1) is 16.9. The number of benzene rings is 1. The summed E-state index contributed by atoms with van der Waals surface area (Å²) in [7, 11) is 1.85. The van der Waals surface area contributed by atoms with Gasteiger partial charge in [0.1, 0.15) is 17.3 Å². The molecule has 5 nitrogen and oxygen atoms in total. The smallest absolute Gasteiger partial charge is 0.151 e. The van der Waals surface area contributed by atoms with Gasteiger partial charge >= 0.3 is 0 Å². The van der Waals surface area contributed by atoms with E-state index in [0.717, 1.165) is 42.5 Å². The predicted octanol–water partition coefficient (Wildman–Crippen LogP) is 3.73. The minimum absolute atomic E-state index is 0.0137. The molecule has 3 aromatic rings. The van der Waals surface area contributed by atoms with Crippen molar-refractivity contribution in [2.45, 2.75) is 25.3 Å². The monoisotopic (exact) mass is 358 g/mol. The van der Waals surface area contributed by atoms with Crippen LogP contribution in [0, 0.1) is 11.6 Å². The number of likely N-dealkylation sites (tertiary alicyclic amines) is 1. The second-order valence-electron chi connectivity index (χ2n) is 6.82. The van der Waals surface area contributed by atoms with E-state index >= 15 is 0 Å². The lowest BCUT2D eigenvalue weighted by Crippen LogP contribution is -2.34. The second kappa shape index (κ2) is 6.99. The minimum atomic E-state index is -0.394. The fourth-order valence-corrected chi connectivity index (χ4v) is 3.58. The van der Waals surface area contributed by atoms with Crippen molar-refractivity contribution in [2.75, 3.05) is 13.1 Å². The summed E-state index contributed by atoms with van der Waals surface area (Å²) in [6.07, 6.45) is 5.41. The van der Waals surface area contributed by atoms with Crippen molar-refractivity contribution >= 4 is 0 Å². The Bertz CT molecular complexity index is 905. The Morgan fingerprint density at radius 2 is 2.15 bits per heavy atom. The molecule has 0 saturated carbocycles. The van der Waals surface area contributed by atoms with Crippen LogP contribution in [-0.4, -0.2) is 32.9 Å². The van der Waals surface area contributed by atoms with Crippen LogP contribution in [0.5, 0.6) is 0 Å². The van der Waals surface area contributed by atoms with Gasteiger partial charge < -0.3 is 4.52 Å². The van der Waals surface area contributed by atoms with Gasteiger partial charge in [-0.05, 0) is 49.1 Å². The van der Waals surface area contributed by atoms with Gasteiger partial charge in [-0.1, -0.05) is 5.16 Å². The maximum atomic E-state index is 14.1. The van der Waals surface area contributed by atoms with Gasteiger partial charge in [-0.3, -0.25) is 9.58 Å². The normalized spacial score (nSPS) is 18.3. The van der Waals surface area contributed by atoms with Crippen LogP contribution in [0.25, 0.3) is 11.3 Å². The Hall–Kier alpha value is -2.54. The molecular weight excluding hydrogens is 338 g/mol. The van der Waals surface area contributed by atoms with Gasteiger partial charge in [0.25, 0.3) is 0 Å². The summed E-state index contributed by atoms with van der Waals surface area (Å²) in [5.74, 6) is 0.0102. The minimum Gasteiger partial charge on any atom is -0.359 e. The summed E-state index contributed by atoms with van der Waals surface area (Å²) >= 11 is 0. The molecule has 1 aliphatic rings. The van der Waals surface area contributed by atoms with Crippen LogP contribution in [0.2, 0.25) is 0 Å². The molecule has 0 bridgehead atoms. The maximum absolute atomic E-state index is 14.1. The van der Waals surface area contributed by atoms with Gasteiger partial charge in [0.2, 0.25) is 0 Å². The number of aromatic nitrogens is 3. The van der Waals surface area contributed by atoms with E-state index in [1.165, 1.54) is 12.1 Å². The molecule has 0 amide bonds. The van der Waals surface area contributed by atoms with Gasteiger partial charge in [-0.2, -0.15) is 5.10 Å². The fourth-order valence-electron chi connectivity index (χ4n) is 3.58.